The molecule has 5 aliphatic rings. The van der Waals surface area contributed by atoms with Gasteiger partial charge in [0.15, 0.2) is 0 Å². The lowest BCUT2D eigenvalue weighted by molar-refractivity contribution is -0.0990. The van der Waals surface area contributed by atoms with Crippen LogP contribution in [0.1, 0.15) is 56.3 Å². The van der Waals surface area contributed by atoms with Crippen molar-refractivity contribution in [2.75, 3.05) is 6.61 Å². The molecule has 1 aromatic rings. The van der Waals surface area contributed by atoms with Gasteiger partial charge >= 0.3 is 5.97 Å². The number of carbonyl (C=O) groups is 1. The molecule has 3 heteroatoms. The molecule has 0 radical (unpaired) electrons. The molecule has 4 fully saturated rings. The summed E-state index contributed by atoms with van der Waals surface area (Å²) in [5, 5.41) is 1.48. The van der Waals surface area contributed by atoms with E-state index in [4.69, 9.17) is 4.74 Å². The molecular weight excluding hydrogens is 384 g/mol. The van der Waals surface area contributed by atoms with Crippen molar-refractivity contribution in [1.82, 2.24) is 0 Å². The van der Waals surface area contributed by atoms with Gasteiger partial charge in [0.2, 0.25) is 0 Å². The van der Waals surface area contributed by atoms with E-state index in [9.17, 15) is 4.79 Å². The summed E-state index contributed by atoms with van der Waals surface area (Å²) in [6.45, 7) is 10.6. The average molecular weight is 423 g/mol. The van der Waals surface area contributed by atoms with Gasteiger partial charge in [-0.05, 0) is 78.7 Å². The van der Waals surface area contributed by atoms with Crippen LogP contribution in [0.2, 0.25) is 19.1 Å². The van der Waals surface area contributed by atoms with Crippen LogP contribution in [0.4, 0.5) is 0 Å². The first-order chi connectivity index (χ1) is 14.2. The van der Waals surface area contributed by atoms with Gasteiger partial charge in [-0.1, -0.05) is 68.9 Å². The van der Waals surface area contributed by atoms with Crippen LogP contribution in [0.3, 0.4) is 0 Å². The van der Waals surface area contributed by atoms with Crippen molar-refractivity contribution in [3.8, 4) is 0 Å². The van der Waals surface area contributed by atoms with Crippen molar-refractivity contribution in [1.29, 1.82) is 0 Å². The smallest absolute Gasteiger partial charge is 0.338 e. The molecule has 2 nitrogen and oxygen atoms in total. The van der Waals surface area contributed by atoms with Crippen LogP contribution in [0.5, 0.6) is 0 Å². The second kappa shape index (κ2) is 7.36. The Balaban J connectivity index is 1.18. The van der Waals surface area contributed by atoms with Gasteiger partial charge in [-0.25, -0.2) is 4.79 Å². The van der Waals surface area contributed by atoms with Crippen molar-refractivity contribution >= 4 is 19.2 Å². The Bertz CT molecular complexity index is 835. The van der Waals surface area contributed by atoms with E-state index < -0.39 is 8.07 Å². The lowest BCUT2D eigenvalue weighted by Crippen LogP contribution is -2.55. The quantitative estimate of drug-likeness (QED) is 0.317. The van der Waals surface area contributed by atoms with Gasteiger partial charge in [0.05, 0.1) is 20.2 Å². The predicted octanol–water partition coefficient (Wildman–Crippen LogP) is 6.04. The summed E-state index contributed by atoms with van der Waals surface area (Å²) in [4.78, 5) is 12.6. The topological polar surface area (TPSA) is 26.3 Å². The molecule has 0 aliphatic heterocycles. The Kier molecular flexibility index (Phi) is 5.04. The van der Waals surface area contributed by atoms with E-state index in [0.717, 1.165) is 23.7 Å². The Morgan fingerprint density at radius 3 is 2.40 bits per heavy atom. The summed E-state index contributed by atoms with van der Waals surface area (Å²) in [6.07, 6.45) is 11.4. The number of allylic oxidation sites excluding steroid dienone is 2. The minimum Gasteiger partial charge on any atom is -0.462 e. The van der Waals surface area contributed by atoms with Crippen molar-refractivity contribution in [2.24, 2.45) is 40.9 Å². The number of hydrogen-bond acceptors (Lipinski definition) is 2. The highest BCUT2D eigenvalue weighted by Crippen LogP contribution is 2.62. The van der Waals surface area contributed by atoms with E-state index in [1.54, 1.807) is 0 Å². The lowest BCUT2D eigenvalue weighted by atomic mass is 9.46. The summed E-state index contributed by atoms with van der Waals surface area (Å²) in [5.74, 6) is 4.54. The zero-order valence-electron chi connectivity index (χ0n) is 19.2. The molecule has 0 saturated heterocycles. The van der Waals surface area contributed by atoms with Gasteiger partial charge in [0.25, 0.3) is 0 Å². The number of hydrogen-bond donors (Lipinski definition) is 0. The van der Waals surface area contributed by atoms with Crippen molar-refractivity contribution in [3.63, 3.8) is 0 Å². The molecule has 0 heterocycles. The molecule has 0 spiro atoms. The van der Waals surface area contributed by atoms with Crippen molar-refractivity contribution < 1.29 is 9.53 Å². The third-order valence-electron chi connectivity index (χ3n) is 9.52. The summed E-state index contributed by atoms with van der Waals surface area (Å²) < 4.78 is 5.69. The van der Waals surface area contributed by atoms with Gasteiger partial charge in [0.1, 0.15) is 0 Å². The number of carbonyl (C=O) groups excluding carboxylic acids is 1. The molecule has 0 amide bonds. The number of esters is 1. The summed E-state index contributed by atoms with van der Waals surface area (Å²) >= 11 is 0. The van der Waals surface area contributed by atoms with E-state index in [-0.39, 0.29) is 5.97 Å². The molecule has 1 aromatic carbocycles. The maximum atomic E-state index is 12.6. The molecule has 0 aromatic heterocycles. The predicted molar refractivity (Wildman–Crippen MR) is 126 cm³/mol. The molecule has 6 atom stereocenters. The molecule has 30 heavy (non-hydrogen) atoms. The third kappa shape index (κ3) is 3.51. The monoisotopic (exact) mass is 422 g/mol. The van der Waals surface area contributed by atoms with Crippen LogP contribution in [-0.2, 0) is 4.74 Å². The lowest BCUT2D eigenvalue weighted by Gasteiger charge is -2.61. The average Bonchev–Trinajstić information content (AvgIpc) is 3.35. The van der Waals surface area contributed by atoms with Gasteiger partial charge in [-0.15, -0.1) is 0 Å². The second-order valence-electron chi connectivity index (χ2n) is 12.0. The minimum absolute atomic E-state index is 0.151. The van der Waals surface area contributed by atoms with Gasteiger partial charge in [-0.2, -0.15) is 0 Å². The fraction of sp³-hybridized carbons (Fsp3) is 0.667. The van der Waals surface area contributed by atoms with Crippen LogP contribution in [0.15, 0.2) is 36.4 Å². The maximum absolute atomic E-state index is 12.6. The van der Waals surface area contributed by atoms with Crippen LogP contribution < -0.4 is 5.19 Å². The number of rotatable bonds is 6. The molecule has 5 aliphatic carbocycles. The van der Waals surface area contributed by atoms with Gasteiger partial charge in [0, 0.05) is 0 Å². The third-order valence-corrected chi connectivity index (χ3v) is 13.0. The molecule has 6 rings (SSSR count). The van der Waals surface area contributed by atoms with Crippen molar-refractivity contribution in [2.45, 2.75) is 65.1 Å². The number of ether oxygens (including phenoxy) is 1. The molecule has 4 saturated carbocycles. The standard InChI is InChI=1S/C27H38O2Si/c1-27(2)23-10-7-21(25(27)15-23)17-30(3,4)24-11-8-19(9-12-24)26(28)29-16-22-14-18-5-6-20(22)13-18/h5-6,8-9,11-12,18,20-23,25H,7,10,13-17H2,1-4H3. The summed E-state index contributed by atoms with van der Waals surface area (Å²) in [6, 6.07) is 9.85. The fourth-order valence-corrected chi connectivity index (χ4v) is 10.5. The van der Waals surface area contributed by atoms with E-state index in [0.29, 0.717) is 29.4 Å². The molecule has 4 bridgehead atoms. The van der Waals surface area contributed by atoms with E-state index in [2.05, 4.69) is 51.2 Å². The summed E-state index contributed by atoms with van der Waals surface area (Å²) in [5.41, 5.74) is 1.28. The first-order valence-electron chi connectivity index (χ1n) is 12.2. The number of fused-ring (bicyclic) bond motifs is 4. The van der Waals surface area contributed by atoms with Crippen molar-refractivity contribution in [3.05, 3.63) is 42.0 Å². The Hall–Kier alpha value is -1.35. The Morgan fingerprint density at radius 2 is 1.80 bits per heavy atom. The second-order valence-corrected chi connectivity index (χ2v) is 16.8. The molecule has 0 N–H and O–H groups in total. The van der Waals surface area contributed by atoms with Gasteiger partial charge < -0.3 is 4.74 Å². The van der Waals surface area contributed by atoms with E-state index in [1.807, 2.05) is 12.1 Å². The summed E-state index contributed by atoms with van der Waals surface area (Å²) in [7, 11) is -1.51. The minimum atomic E-state index is -1.51. The highest BCUT2D eigenvalue weighted by Gasteiger charge is 2.54. The van der Waals surface area contributed by atoms with Gasteiger partial charge in [-0.3, -0.25) is 0 Å². The molecule has 6 unspecified atom stereocenters. The zero-order valence-corrected chi connectivity index (χ0v) is 20.2. The largest absolute Gasteiger partial charge is 0.462 e. The Labute approximate surface area is 183 Å². The normalized spacial score (nSPS) is 35.9. The zero-order chi connectivity index (χ0) is 21.1. The highest BCUT2D eigenvalue weighted by atomic mass is 28.3. The maximum Gasteiger partial charge on any atom is 0.338 e. The SMILES string of the molecule is CC1(C)C2CCC(C[Si](C)(C)c3ccc(C(=O)OCC4CC5C=CC4C5)cc3)C1C2. The van der Waals surface area contributed by atoms with Crippen LogP contribution in [-0.4, -0.2) is 20.7 Å². The van der Waals surface area contributed by atoms with E-state index in [1.165, 1.54) is 43.3 Å². The highest BCUT2D eigenvalue weighted by molar-refractivity contribution is 6.89. The van der Waals surface area contributed by atoms with Crippen LogP contribution in [0, 0.1) is 40.9 Å². The van der Waals surface area contributed by atoms with E-state index >= 15 is 0 Å². The molecular formula is C27H38O2Si. The molecule has 162 valence electrons. The Morgan fingerprint density at radius 1 is 1.03 bits per heavy atom. The fourth-order valence-electron chi connectivity index (χ4n) is 7.39. The first kappa shape index (κ1) is 20.5. The van der Waals surface area contributed by atoms with Crippen LogP contribution in [0.25, 0.3) is 0 Å². The van der Waals surface area contributed by atoms with Crippen LogP contribution >= 0.6 is 0 Å². The first-order valence-corrected chi connectivity index (χ1v) is 15.4. The number of benzene rings is 1.